The van der Waals surface area contributed by atoms with Gasteiger partial charge in [0.15, 0.2) is 0 Å². The lowest BCUT2D eigenvalue weighted by atomic mass is 10.2. The summed E-state index contributed by atoms with van der Waals surface area (Å²) >= 11 is 0. The van der Waals surface area contributed by atoms with Crippen LogP contribution in [-0.2, 0) is 9.47 Å². The standard InChI is InChI=1S/C12H19NO3/c1-5-16-12(14)11-6-7-13(10(11)3)9(2)8-15-4/h6-7,9H,5,8H2,1-4H3/t9-/m1/s1. The molecular weight excluding hydrogens is 206 g/mol. The minimum Gasteiger partial charge on any atom is -0.462 e. The van der Waals surface area contributed by atoms with Crippen molar-refractivity contribution in [2.45, 2.75) is 26.8 Å². The Labute approximate surface area is 96.2 Å². The molecule has 0 aromatic carbocycles. The van der Waals surface area contributed by atoms with Crippen LogP contribution in [0.1, 0.15) is 35.9 Å². The number of nitrogens with zero attached hydrogens (tertiary/aromatic N) is 1. The Balaban J connectivity index is 2.87. The number of hydrogen-bond acceptors (Lipinski definition) is 3. The van der Waals surface area contributed by atoms with Gasteiger partial charge in [0, 0.05) is 19.0 Å². The van der Waals surface area contributed by atoms with Gasteiger partial charge in [-0.2, -0.15) is 0 Å². The number of esters is 1. The molecule has 4 heteroatoms. The molecule has 1 aromatic heterocycles. The van der Waals surface area contributed by atoms with Gasteiger partial charge in [0.2, 0.25) is 0 Å². The molecule has 0 unspecified atom stereocenters. The minimum absolute atomic E-state index is 0.216. The van der Waals surface area contributed by atoms with Gasteiger partial charge in [-0.25, -0.2) is 4.79 Å². The third-order valence-corrected chi connectivity index (χ3v) is 2.56. The molecule has 0 N–H and O–H groups in total. The van der Waals surface area contributed by atoms with Gasteiger partial charge >= 0.3 is 5.97 Å². The van der Waals surface area contributed by atoms with Crippen LogP contribution in [0.25, 0.3) is 0 Å². The van der Waals surface area contributed by atoms with Crippen LogP contribution >= 0.6 is 0 Å². The van der Waals surface area contributed by atoms with Crippen LogP contribution in [0.4, 0.5) is 0 Å². The summed E-state index contributed by atoms with van der Waals surface area (Å²) in [5, 5.41) is 0. The van der Waals surface area contributed by atoms with Crippen LogP contribution < -0.4 is 0 Å². The molecular formula is C12H19NO3. The van der Waals surface area contributed by atoms with Gasteiger partial charge in [0.25, 0.3) is 0 Å². The zero-order valence-corrected chi connectivity index (χ0v) is 10.3. The van der Waals surface area contributed by atoms with E-state index in [4.69, 9.17) is 9.47 Å². The largest absolute Gasteiger partial charge is 0.462 e. The summed E-state index contributed by atoms with van der Waals surface area (Å²) in [6, 6.07) is 2.01. The number of carbonyl (C=O) groups excluding carboxylic acids is 1. The zero-order valence-electron chi connectivity index (χ0n) is 10.3. The first-order chi connectivity index (χ1) is 7.61. The van der Waals surface area contributed by atoms with Crippen molar-refractivity contribution in [3.63, 3.8) is 0 Å². The molecule has 0 saturated carbocycles. The normalized spacial score (nSPS) is 12.5. The highest BCUT2D eigenvalue weighted by Gasteiger charge is 2.16. The highest BCUT2D eigenvalue weighted by molar-refractivity contribution is 5.90. The number of hydrogen-bond donors (Lipinski definition) is 0. The van der Waals surface area contributed by atoms with Gasteiger partial charge < -0.3 is 14.0 Å². The van der Waals surface area contributed by atoms with Crippen molar-refractivity contribution in [1.82, 2.24) is 4.57 Å². The molecule has 0 saturated heterocycles. The molecule has 1 rings (SSSR count). The Kier molecular flexibility index (Phi) is 4.55. The molecule has 0 aliphatic carbocycles. The lowest BCUT2D eigenvalue weighted by Gasteiger charge is -2.15. The molecule has 0 aliphatic heterocycles. The Bertz CT molecular complexity index is 357. The van der Waals surface area contributed by atoms with E-state index in [1.165, 1.54) is 0 Å². The molecule has 0 spiro atoms. The van der Waals surface area contributed by atoms with Gasteiger partial charge in [0.05, 0.1) is 24.8 Å². The molecule has 1 atom stereocenters. The lowest BCUT2D eigenvalue weighted by molar-refractivity contribution is 0.0525. The summed E-state index contributed by atoms with van der Waals surface area (Å²) in [7, 11) is 1.67. The van der Waals surface area contributed by atoms with Crippen LogP contribution in [0.15, 0.2) is 12.3 Å². The fourth-order valence-electron chi connectivity index (χ4n) is 1.75. The van der Waals surface area contributed by atoms with Crippen molar-refractivity contribution in [3.05, 3.63) is 23.5 Å². The van der Waals surface area contributed by atoms with Crippen molar-refractivity contribution in [1.29, 1.82) is 0 Å². The van der Waals surface area contributed by atoms with Gasteiger partial charge in [-0.1, -0.05) is 0 Å². The summed E-state index contributed by atoms with van der Waals surface area (Å²) in [4.78, 5) is 11.6. The molecule has 0 fully saturated rings. The van der Waals surface area contributed by atoms with Crippen molar-refractivity contribution < 1.29 is 14.3 Å². The Morgan fingerprint density at radius 3 is 2.81 bits per heavy atom. The quantitative estimate of drug-likeness (QED) is 0.721. The third-order valence-electron chi connectivity index (χ3n) is 2.56. The molecule has 16 heavy (non-hydrogen) atoms. The van der Waals surface area contributed by atoms with Crippen LogP contribution in [0.3, 0.4) is 0 Å². The first kappa shape index (κ1) is 12.8. The number of methoxy groups -OCH3 is 1. The number of rotatable bonds is 5. The van der Waals surface area contributed by atoms with E-state index in [0.717, 1.165) is 5.69 Å². The van der Waals surface area contributed by atoms with E-state index in [1.807, 2.05) is 24.6 Å². The second-order valence-electron chi connectivity index (χ2n) is 3.75. The summed E-state index contributed by atoms with van der Waals surface area (Å²) in [5.41, 5.74) is 1.55. The Hall–Kier alpha value is -1.29. The summed E-state index contributed by atoms with van der Waals surface area (Å²) in [5.74, 6) is -0.261. The highest BCUT2D eigenvalue weighted by Crippen LogP contribution is 2.17. The van der Waals surface area contributed by atoms with E-state index in [-0.39, 0.29) is 12.0 Å². The molecule has 4 nitrogen and oxygen atoms in total. The smallest absolute Gasteiger partial charge is 0.339 e. The van der Waals surface area contributed by atoms with Gasteiger partial charge in [-0.15, -0.1) is 0 Å². The molecule has 1 heterocycles. The average molecular weight is 225 g/mol. The monoisotopic (exact) mass is 225 g/mol. The van der Waals surface area contributed by atoms with Crippen molar-refractivity contribution in [3.8, 4) is 0 Å². The van der Waals surface area contributed by atoms with Crippen molar-refractivity contribution >= 4 is 5.97 Å². The second kappa shape index (κ2) is 5.70. The van der Waals surface area contributed by atoms with Crippen LogP contribution in [-0.4, -0.2) is 30.9 Å². The SMILES string of the molecule is CCOC(=O)c1ccn([C@H](C)COC)c1C. The molecule has 90 valence electrons. The molecule has 0 aliphatic rings. The Morgan fingerprint density at radius 1 is 1.56 bits per heavy atom. The van der Waals surface area contributed by atoms with E-state index in [9.17, 15) is 4.79 Å². The van der Waals surface area contributed by atoms with Gasteiger partial charge in [-0.05, 0) is 26.8 Å². The second-order valence-corrected chi connectivity index (χ2v) is 3.75. The highest BCUT2D eigenvalue weighted by atomic mass is 16.5. The fourth-order valence-corrected chi connectivity index (χ4v) is 1.75. The average Bonchev–Trinajstić information content (AvgIpc) is 2.61. The first-order valence-corrected chi connectivity index (χ1v) is 5.45. The van der Waals surface area contributed by atoms with Gasteiger partial charge in [-0.3, -0.25) is 0 Å². The van der Waals surface area contributed by atoms with Crippen LogP contribution in [0.2, 0.25) is 0 Å². The summed E-state index contributed by atoms with van der Waals surface area (Å²) in [6.07, 6.45) is 1.89. The Morgan fingerprint density at radius 2 is 2.25 bits per heavy atom. The number of aromatic nitrogens is 1. The van der Waals surface area contributed by atoms with E-state index < -0.39 is 0 Å². The minimum atomic E-state index is -0.261. The molecule has 1 aromatic rings. The topological polar surface area (TPSA) is 40.5 Å². The van der Waals surface area contributed by atoms with E-state index in [2.05, 4.69) is 0 Å². The maximum atomic E-state index is 11.6. The summed E-state index contributed by atoms with van der Waals surface area (Å²) < 4.78 is 12.1. The zero-order chi connectivity index (χ0) is 12.1. The van der Waals surface area contributed by atoms with E-state index in [0.29, 0.717) is 18.8 Å². The van der Waals surface area contributed by atoms with E-state index in [1.54, 1.807) is 20.1 Å². The molecule has 0 amide bonds. The van der Waals surface area contributed by atoms with E-state index >= 15 is 0 Å². The maximum absolute atomic E-state index is 11.6. The van der Waals surface area contributed by atoms with Crippen LogP contribution in [0.5, 0.6) is 0 Å². The van der Waals surface area contributed by atoms with Gasteiger partial charge in [0.1, 0.15) is 0 Å². The van der Waals surface area contributed by atoms with Crippen molar-refractivity contribution in [2.75, 3.05) is 20.3 Å². The molecule has 0 bridgehead atoms. The predicted octanol–water partition coefficient (Wildman–Crippen LogP) is 2.18. The van der Waals surface area contributed by atoms with Crippen molar-refractivity contribution in [2.24, 2.45) is 0 Å². The van der Waals surface area contributed by atoms with Crippen LogP contribution in [0, 0.1) is 6.92 Å². The summed E-state index contributed by atoms with van der Waals surface area (Å²) in [6.45, 7) is 6.79. The number of ether oxygens (including phenoxy) is 2. The maximum Gasteiger partial charge on any atom is 0.339 e. The third kappa shape index (κ3) is 2.64. The number of carbonyl (C=O) groups is 1. The first-order valence-electron chi connectivity index (χ1n) is 5.45. The molecule has 0 radical (unpaired) electrons. The fraction of sp³-hybridized carbons (Fsp3) is 0.583. The predicted molar refractivity (Wildman–Crippen MR) is 61.7 cm³/mol. The lowest BCUT2D eigenvalue weighted by Crippen LogP contribution is -2.13.